The van der Waals surface area contributed by atoms with Gasteiger partial charge in [-0.2, -0.15) is 11.8 Å². The molecule has 0 aromatic heterocycles. The summed E-state index contributed by atoms with van der Waals surface area (Å²) < 4.78 is 0. The number of thioether (sulfide) groups is 1. The Balaban J connectivity index is 1.55. The Kier molecular flexibility index (Phi) is 29.0. The number of primary amides is 2. The third kappa shape index (κ3) is 23.4. The second kappa shape index (κ2) is 35.7. The smallest absolute Gasteiger partial charge is 0.305 e. The summed E-state index contributed by atoms with van der Waals surface area (Å²) in [6.45, 7) is 4.24. The summed E-state index contributed by atoms with van der Waals surface area (Å²) in [5.41, 5.74) is 17.5. The third-order valence-corrected chi connectivity index (χ3v) is 14.9. The fourth-order valence-corrected chi connectivity index (χ4v) is 10.1. The number of likely N-dealkylation sites (tertiary alicyclic amines) is 1. The molecule has 2 saturated heterocycles. The molecule has 2 fully saturated rings. The maximum atomic E-state index is 14.6. The van der Waals surface area contributed by atoms with Crippen molar-refractivity contribution in [2.24, 2.45) is 23.1 Å². The van der Waals surface area contributed by atoms with Crippen LogP contribution in [0.3, 0.4) is 0 Å². The molecule has 13 amide bonds. The van der Waals surface area contributed by atoms with Gasteiger partial charge in [0, 0.05) is 19.4 Å². The number of phenols is 1. The molecule has 2 aliphatic heterocycles. The van der Waals surface area contributed by atoms with Crippen LogP contribution < -0.4 is 70.4 Å². The van der Waals surface area contributed by atoms with Crippen molar-refractivity contribution in [3.63, 3.8) is 0 Å². The van der Waals surface area contributed by atoms with Gasteiger partial charge in [0.25, 0.3) is 0 Å². The van der Waals surface area contributed by atoms with Crippen LogP contribution in [0.2, 0.25) is 0 Å². The standard InChI is InChI=1S/C57H82N14O16S/c1-30(2)25-38(52(82)65-35(48(60)78)21-24-88-4)64-45(75)29-61-56(86)47(33-15-17-34(72)18-16-33)70-54(84)39(26-32-11-6-5-7-12-32)67-51(81)36(13-8-9-22-58)66-53(83)40(27-43(59)73)68-55(85)42-14-10-23-71(42)57(87)41(28-46(76)77)69-49(79)31(3)62-50(80)37-19-20-44(74)63-37/h5-7,11-12,15-18,30-31,35-42,47,72H,8-10,13-14,19-29,58H2,1-4H3,(H2,59,73)(H2,60,78)(H,61,86)(H,62,80)(H,63,74)(H,64,75)(H,65,82)(H,66,83)(H,67,81)(H,68,85)(H,69,79)(H,70,84)(H,76,77)/t31-,35-,36-,37-,38-,39-,40-,41-,42-,47-/m0/s1. The molecule has 2 aliphatic rings. The summed E-state index contributed by atoms with van der Waals surface area (Å²) >= 11 is 1.44. The first kappa shape index (κ1) is 71.6. The van der Waals surface area contributed by atoms with Crippen LogP contribution in [0.4, 0.5) is 0 Å². The van der Waals surface area contributed by atoms with E-state index >= 15 is 0 Å². The highest BCUT2D eigenvalue weighted by Gasteiger charge is 2.41. The molecule has 30 nitrogen and oxygen atoms in total. The normalized spacial score (nSPS) is 17.2. The number of amides is 13. The first-order valence-corrected chi connectivity index (χ1v) is 30.2. The van der Waals surface area contributed by atoms with Gasteiger partial charge in [0.2, 0.25) is 76.8 Å². The lowest BCUT2D eigenvalue weighted by Gasteiger charge is -2.30. The predicted molar refractivity (Wildman–Crippen MR) is 318 cm³/mol. The number of phenolic OH excluding ortho intramolecular Hbond substituents is 1. The van der Waals surface area contributed by atoms with E-state index in [4.69, 9.17) is 17.2 Å². The van der Waals surface area contributed by atoms with Crippen LogP contribution in [-0.2, 0) is 73.5 Å². The van der Waals surface area contributed by atoms with Crippen LogP contribution in [0.15, 0.2) is 54.6 Å². The van der Waals surface area contributed by atoms with E-state index in [-0.39, 0.29) is 94.0 Å². The Morgan fingerprint density at radius 3 is 1.90 bits per heavy atom. The van der Waals surface area contributed by atoms with Crippen LogP contribution in [0.5, 0.6) is 5.75 Å². The van der Waals surface area contributed by atoms with Gasteiger partial charge in [0.15, 0.2) is 0 Å². The van der Waals surface area contributed by atoms with Crippen LogP contribution in [0.25, 0.3) is 0 Å². The molecule has 2 aromatic rings. The lowest BCUT2D eigenvalue weighted by molar-refractivity contribution is -0.146. The maximum Gasteiger partial charge on any atom is 0.305 e. The number of carboxylic acids is 1. The summed E-state index contributed by atoms with van der Waals surface area (Å²) in [6, 6.07) is -0.381. The van der Waals surface area contributed by atoms with Gasteiger partial charge in [-0.1, -0.05) is 56.3 Å². The van der Waals surface area contributed by atoms with Crippen LogP contribution in [-0.4, -0.2) is 184 Å². The van der Waals surface area contributed by atoms with E-state index in [0.717, 1.165) is 4.90 Å². The number of nitrogens with zero attached hydrogens (tertiary/aromatic N) is 1. The van der Waals surface area contributed by atoms with Gasteiger partial charge in [0.1, 0.15) is 66.2 Å². The average Bonchev–Trinajstić information content (AvgIpc) is 4.23. The minimum absolute atomic E-state index is 0.0196. The Hall–Kier alpha value is -8.87. The number of unbranched alkanes of at least 4 members (excludes halogenated alkanes) is 1. The molecule has 0 spiro atoms. The zero-order valence-electron chi connectivity index (χ0n) is 49.6. The van der Waals surface area contributed by atoms with E-state index in [1.165, 1.54) is 43.0 Å². The highest BCUT2D eigenvalue weighted by Crippen LogP contribution is 2.22. The number of nitrogens with two attached hydrogens (primary N) is 3. The molecular formula is C57H82N14O16S. The number of hydrogen-bond acceptors (Lipinski definition) is 17. The van der Waals surface area contributed by atoms with E-state index in [1.54, 1.807) is 44.2 Å². The molecule has 31 heteroatoms. The first-order valence-electron chi connectivity index (χ1n) is 28.8. The Bertz CT molecular complexity index is 2830. The Labute approximate surface area is 512 Å². The fourth-order valence-electron chi connectivity index (χ4n) is 9.63. The van der Waals surface area contributed by atoms with Crippen LogP contribution >= 0.6 is 11.8 Å². The van der Waals surface area contributed by atoms with Crippen molar-refractivity contribution in [1.29, 1.82) is 0 Å². The van der Waals surface area contributed by atoms with Crippen molar-refractivity contribution in [1.82, 2.24) is 58.1 Å². The van der Waals surface area contributed by atoms with Crippen molar-refractivity contribution in [3.8, 4) is 5.75 Å². The molecular weight excluding hydrogens is 1170 g/mol. The average molecular weight is 1250 g/mol. The van der Waals surface area contributed by atoms with Crippen molar-refractivity contribution < 1.29 is 77.3 Å². The molecule has 10 atom stereocenters. The summed E-state index contributed by atoms with van der Waals surface area (Å²) in [7, 11) is 0. The van der Waals surface area contributed by atoms with E-state index in [2.05, 4.69) is 53.2 Å². The van der Waals surface area contributed by atoms with Crippen molar-refractivity contribution >= 4 is 94.5 Å². The number of carbonyl (C=O) groups excluding carboxylic acids is 13. The van der Waals surface area contributed by atoms with Crippen molar-refractivity contribution in [2.75, 3.05) is 31.6 Å². The number of carboxylic acid groups (broad SMARTS) is 1. The number of aromatic hydroxyl groups is 1. The SMILES string of the molecule is CSCC[C@H](NC(=O)[C@H](CC(C)C)NC(=O)CNC(=O)[C@@H](NC(=O)[C@H](Cc1ccccc1)NC(=O)[C@H](CCCCN)NC(=O)[C@H](CC(N)=O)NC(=O)[C@@H]1CCCN1C(=O)[C@H](CC(=O)O)NC(=O)[C@H](C)NC(=O)[C@@H]1CCC(=O)N1)c1ccc(O)cc1)C(N)=O. The quantitative estimate of drug-likeness (QED) is 0.0293. The molecule has 18 N–H and O–H groups in total. The van der Waals surface area contributed by atoms with E-state index in [9.17, 15) is 77.3 Å². The molecule has 0 aliphatic carbocycles. The minimum Gasteiger partial charge on any atom is -0.508 e. The topological polar surface area (TPSA) is 481 Å². The summed E-state index contributed by atoms with van der Waals surface area (Å²) in [6.07, 6.45) is 1.14. The summed E-state index contributed by atoms with van der Waals surface area (Å²) in [5, 5.41) is 44.9. The highest BCUT2D eigenvalue weighted by atomic mass is 32.2. The minimum atomic E-state index is -1.78. The molecule has 4 rings (SSSR count). The zero-order valence-corrected chi connectivity index (χ0v) is 50.4. The van der Waals surface area contributed by atoms with E-state index < -0.39 is 157 Å². The molecule has 2 aromatic carbocycles. The Morgan fingerprint density at radius 1 is 0.670 bits per heavy atom. The van der Waals surface area contributed by atoms with Gasteiger partial charge in [-0.15, -0.1) is 0 Å². The third-order valence-electron chi connectivity index (χ3n) is 14.3. The molecule has 482 valence electrons. The van der Waals surface area contributed by atoms with Crippen LogP contribution in [0.1, 0.15) is 109 Å². The number of aliphatic carboxylic acids is 1. The van der Waals surface area contributed by atoms with Crippen LogP contribution in [0, 0.1) is 5.92 Å². The molecule has 0 saturated carbocycles. The Morgan fingerprint density at radius 2 is 1.30 bits per heavy atom. The molecule has 88 heavy (non-hydrogen) atoms. The lowest BCUT2D eigenvalue weighted by atomic mass is 10.0. The second-order valence-electron chi connectivity index (χ2n) is 21.8. The van der Waals surface area contributed by atoms with E-state index in [1.807, 2.05) is 6.26 Å². The number of nitrogens with one attached hydrogen (secondary N) is 10. The fraction of sp³-hybridized carbons (Fsp3) is 0.544. The lowest BCUT2D eigenvalue weighted by Crippen LogP contribution is -2.60. The summed E-state index contributed by atoms with van der Waals surface area (Å²) in [5.74, 6) is -12.5. The van der Waals surface area contributed by atoms with Gasteiger partial charge < -0.3 is 85.5 Å². The van der Waals surface area contributed by atoms with Crippen molar-refractivity contribution in [3.05, 3.63) is 65.7 Å². The summed E-state index contributed by atoms with van der Waals surface area (Å²) in [4.78, 5) is 188. The molecule has 0 unspecified atom stereocenters. The first-order chi connectivity index (χ1) is 41.7. The largest absolute Gasteiger partial charge is 0.508 e. The number of carbonyl (C=O) groups is 14. The molecule has 0 radical (unpaired) electrons. The second-order valence-corrected chi connectivity index (χ2v) is 22.8. The molecule has 2 heterocycles. The predicted octanol–water partition coefficient (Wildman–Crippen LogP) is -3.64. The van der Waals surface area contributed by atoms with Gasteiger partial charge >= 0.3 is 5.97 Å². The molecule has 0 bridgehead atoms. The number of rotatable bonds is 36. The number of benzene rings is 2. The number of hydrogen-bond donors (Lipinski definition) is 15. The zero-order chi connectivity index (χ0) is 65.2. The van der Waals surface area contributed by atoms with Crippen molar-refractivity contribution in [2.45, 2.75) is 158 Å². The highest BCUT2D eigenvalue weighted by molar-refractivity contribution is 7.98. The van der Waals surface area contributed by atoms with Gasteiger partial charge in [-0.25, -0.2) is 0 Å². The maximum absolute atomic E-state index is 14.6. The monoisotopic (exact) mass is 1250 g/mol. The van der Waals surface area contributed by atoms with Gasteiger partial charge in [-0.3, -0.25) is 67.1 Å². The van der Waals surface area contributed by atoms with E-state index in [0.29, 0.717) is 17.7 Å². The van der Waals surface area contributed by atoms with Gasteiger partial charge in [0.05, 0.1) is 19.4 Å². The van der Waals surface area contributed by atoms with Gasteiger partial charge in [-0.05, 0) is 106 Å².